The maximum atomic E-state index is 10.9. The summed E-state index contributed by atoms with van der Waals surface area (Å²) in [7, 11) is -0.880. The number of aromatic carboxylic acids is 1. The number of hydrogen-bond donors (Lipinski definition) is 2. The van der Waals surface area contributed by atoms with Crippen molar-refractivity contribution in [3.05, 3.63) is 53.6 Å². The van der Waals surface area contributed by atoms with Crippen molar-refractivity contribution < 1.29 is 24.3 Å². The zero-order chi connectivity index (χ0) is 14.1. The molecule has 100 valence electrons. The fourth-order valence-electron chi connectivity index (χ4n) is 2.10. The third-order valence-corrected chi connectivity index (χ3v) is 3.09. The Morgan fingerprint density at radius 1 is 1.20 bits per heavy atom. The zero-order valence-corrected chi connectivity index (χ0v) is 10.4. The first-order valence-corrected chi connectivity index (χ1v) is 6.07. The first-order chi connectivity index (χ1) is 9.63. The van der Waals surface area contributed by atoms with Crippen molar-refractivity contribution in [1.82, 2.24) is 0 Å². The Hall–Kier alpha value is -2.31. The lowest BCUT2D eigenvalue weighted by molar-refractivity contribution is 0.0696. The van der Waals surface area contributed by atoms with Gasteiger partial charge in [0, 0.05) is 0 Å². The summed E-state index contributed by atoms with van der Waals surface area (Å²) in [4.78, 5) is 10.9. The quantitative estimate of drug-likeness (QED) is 0.824. The lowest BCUT2D eigenvalue weighted by Gasteiger charge is -2.08. The van der Waals surface area contributed by atoms with E-state index >= 15 is 0 Å². The van der Waals surface area contributed by atoms with Crippen LogP contribution in [0.25, 0.3) is 0 Å². The third kappa shape index (κ3) is 2.39. The Bertz CT molecular complexity index is 670. The van der Waals surface area contributed by atoms with Crippen LogP contribution in [0.15, 0.2) is 42.5 Å². The van der Waals surface area contributed by atoms with E-state index in [2.05, 4.69) is 0 Å². The van der Waals surface area contributed by atoms with Gasteiger partial charge in [-0.1, -0.05) is 12.1 Å². The number of carboxylic acids is 1. The van der Waals surface area contributed by atoms with Crippen molar-refractivity contribution in [2.75, 3.05) is 0 Å². The summed E-state index contributed by atoms with van der Waals surface area (Å²) in [6, 6.07) is 11.5. The molecule has 1 aliphatic heterocycles. The lowest BCUT2D eigenvalue weighted by atomic mass is 9.80. The highest BCUT2D eigenvalue weighted by Gasteiger charge is 2.27. The second-order valence-electron chi connectivity index (χ2n) is 4.46. The van der Waals surface area contributed by atoms with Crippen LogP contribution in [-0.4, -0.2) is 23.2 Å². The van der Waals surface area contributed by atoms with Crippen LogP contribution in [0.2, 0.25) is 0 Å². The lowest BCUT2D eigenvalue weighted by Crippen LogP contribution is -2.27. The summed E-state index contributed by atoms with van der Waals surface area (Å²) in [5.41, 5.74) is 1.77. The van der Waals surface area contributed by atoms with Crippen LogP contribution in [0.1, 0.15) is 15.9 Å². The van der Waals surface area contributed by atoms with Gasteiger partial charge in [-0.25, -0.2) is 4.79 Å². The summed E-state index contributed by atoms with van der Waals surface area (Å²) >= 11 is 0. The van der Waals surface area contributed by atoms with Crippen molar-refractivity contribution in [3.8, 4) is 11.5 Å². The minimum absolute atomic E-state index is 0.169. The molecule has 2 N–H and O–H groups in total. The van der Waals surface area contributed by atoms with Crippen LogP contribution in [0.5, 0.6) is 11.5 Å². The minimum atomic E-state index is -0.999. The molecule has 0 saturated carbocycles. The molecule has 5 nitrogen and oxygen atoms in total. The number of fused-ring (bicyclic) bond motifs is 1. The van der Waals surface area contributed by atoms with E-state index in [1.165, 1.54) is 12.1 Å². The summed E-state index contributed by atoms with van der Waals surface area (Å²) in [5.74, 6) is 0.0224. The van der Waals surface area contributed by atoms with Crippen molar-refractivity contribution in [2.24, 2.45) is 0 Å². The molecule has 0 radical (unpaired) electrons. The van der Waals surface area contributed by atoms with Crippen LogP contribution in [0, 0.1) is 0 Å². The van der Waals surface area contributed by atoms with E-state index in [-0.39, 0.29) is 5.56 Å². The highest BCUT2D eigenvalue weighted by atomic mass is 16.5. The SMILES string of the molecule is O=C(O)c1cccc(Oc2ccc3c(c2)COB3O)c1. The van der Waals surface area contributed by atoms with Gasteiger partial charge >= 0.3 is 13.1 Å². The molecule has 1 aliphatic rings. The van der Waals surface area contributed by atoms with Crippen molar-refractivity contribution >= 4 is 18.6 Å². The van der Waals surface area contributed by atoms with Crippen LogP contribution < -0.4 is 10.2 Å². The fraction of sp³-hybridized carbons (Fsp3) is 0.0714. The van der Waals surface area contributed by atoms with Gasteiger partial charge in [0.25, 0.3) is 0 Å². The molecule has 0 amide bonds. The number of ether oxygens (including phenoxy) is 1. The number of carboxylic acid groups (broad SMARTS) is 1. The van der Waals surface area contributed by atoms with E-state index in [9.17, 15) is 9.82 Å². The second-order valence-corrected chi connectivity index (χ2v) is 4.46. The Balaban J connectivity index is 1.85. The molecule has 0 unspecified atom stereocenters. The Labute approximate surface area is 115 Å². The topological polar surface area (TPSA) is 76.0 Å². The van der Waals surface area contributed by atoms with E-state index in [4.69, 9.17) is 14.5 Å². The molecule has 0 aromatic heterocycles. The first kappa shape index (κ1) is 12.7. The summed E-state index contributed by atoms with van der Waals surface area (Å²) in [6.45, 7) is 0.336. The largest absolute Gasteiger partial charge is 0.491 e. The zero-order valence-electron chi connectivity index (χ0n) is 10.4. The van der Waals surface area contributed by atoms with Gasteiger partial charge in [0.05, 0.1) is 12.2 Å². The van der Waals surface area contributed by atoms with Gasteiger partial charge in [-0.2, -0.15) is 0 Å². The molecule has 0 spiro atoms. The summed E-state index contributed by atoms with van der Waals surface area (Å²) in [5, 5.41) is 18.5. The van der Waals surface area contributed by atoms with Gasteiger partial charge in [0.15, 0.2) is 0 Å². The van der Waals surface area contributed by atoms with E-state index in [0.29, 0.717) is 18.1 Å². The number of rotatable bonds is 3. The van der Waals surface area contributed by atoms with Crippen LogP contribution in [-0.2, 0) is 11.3 Å². The Kier molecular flexibility index (Phi) is 3.18. The van der Waals surface area contributed by atoms with Crippen LogP contribution >= 0.6 is 0 Å². The second kappa shape index (κ2) is 4.99. The summed E-state index contributed by atoms with van der Waals surface area (Å²) < 4.78 is 10.7. The molecular formula is C14H11BO5. The van der Waals surface area contributed by atoms with Gasteiger partial charge in [-0.15, -0.1) is 0 Å². The molecule has 0 bridgehead atoms. The Morgan fingerprint density at radius 2 is 2.00 bits per heavy atom. The molecule has 6 heteroatoms. The highest BCUT2D eigenvalue weighted by molar-refractivity contribution is 6.61. The van der Waals surface area contributed by atoms with E-state index in [0.717, 1.165) is 11.0 Å². The van der Waals surface area contributed by atoms with E-state index in [1.807, 2.05) is 0 Å². The minimum Gasteiger partial charge on any atom is -0.478 e. The van der Waals surface area contributed by atoms with Crippen LogP contribution in [0.3, 0.4) is 0 Å². The molecule has 0 fully saturated rings. The molecule has 2 aromatic carbocycles. The molecule has 0 aliphatic carbocycles. The molecule has 0 atom stereocenters. The van der Waals surface area contributed by atoms with Gasteiger partial charge in [-0.05, 0) is 41.4 Å². The first-order valence-electron chi connectivity index (χ1n) is 6.07. The van der Waals surface area contributed by atoms with Crippen molar-refractivity contribution in [1.29, 1.82) is 0 Å². The Morgan fingerprint density at radius 3 is 2.80 bits per heavy atom. The molecule has 3 rings (SSSR count). The third-order valence-electron chi connectivity index (χ3n) is 3.09. The van der Waals surface area contributed by atoms with Gasteiger partial charge in [0.2, 0.25) is 0 Å². The van der Waals surface area contributed by atoms with Gasteiger partial charge < -0.3 is 19.5 Å². The van der Waals surface area contributed by atoms with Gasteiger partial charge in [-0.3, -0.25) is 0 Å². The number of hydrogen-bond acceptors (Lipinski definition) is 4. The molecule has 0 saturated heterocycles. The van der Waals surface area contributed by atoms with E-state index < -0.39 is 13.1 Å². The maximum absolute atomic E-state index is 10.9. The predicted molar refractivity (Wildman–Crippen MR) is 72.3 cm³/mol. The molecule has 20 heavy (non-hydrogen) atoms. The predicted octanol–water partition coefficient (Wildman–Crippen LogP) is 1.39. The van der Waals surface area contributed by atoms with Crippen molar-refractivity contribution in [3.63, 3.8) is 0 Å². The average Bonchev–Trinajstić information content (AvgIpc) is 2.80. The summed E-state index contributed by atoms with van der Waals surface area (Å²) in [6.07, 6.45) is 0. The smallest absolute Gasteiger partial charge is 0.478 e. The molecule has 1 heterocycles. The average molecular weight is 270 g/mol. The fourth-order valence-corrected chi connectivity index (χ4v) is 2.10. The monoisotopic (exact) mass is 270 g/mol. The molecule has 2 aromatic rings. The number of carbonyl (C=O) groups is 1. The van der Waals surface area contributed by atoms with Gasteiger partial charge in [0.1, 0.15) is 11.5 Å². The van der Waals surface area contributed by atoms with Crippen molar-refractivity contribution in [2.45, 2.75) is 6.61 Å². The van der Waals surface area contributed by atoms with E-state index in [1.54, 1.807) is 30.3 Å². The highest BCUT2D eigenvalue weighted by Crippen LogP contribution is 2.24. The maximum Gasteiger partial charge on any atom is 0.491 e. The standard InChI is InChI=1S/C14H11BO5/c16-14(17)9-2-1-3-11(6-9)20-12-4-5-13-10(7-12)8-19-15(13)18/h1-7,18H,8H2,(H,16,17). The number of benzene rings is 2. The normalized spacial score (nSPS) is 13.2. The molecular weight excluding hydrogens is 259 g/mol. The van der Waals surface area contributed by atoms with Crippen LogP contribution in [0.4, 0.5) is 0 Å².